The molecule has 150 valence electrons. The molecule has 4 N–H and O–H groups in total. The quantitative estimate of drug-likeness (QED) is 0.751. The third-order valence-corrected chi connectivity index (χ3v) is 5.27. The van der Waals surface area contributed by atoms with Crippen LogP contribution < -0.4 is 11.5 Å². The predicted octanol–water partition coefficient (Wildman–Crippen LogP) is 4.21. The van der Waals surface area contributed by atoms with E-state index >= 15 is 0 Å². The van der Waals surface area contributed by atoms with Gasteiger partial charge in [-0.2, -0.15) is 4.98 Å². The molecule has 0 spiro atoms. The molecule has 2 unspecified atom stereocenters. The van der Waals surface area contributed by atoms with Crippen LogP contribution in [0.3, 0.4) is 0 Å². The van der Waals surface area contributed by atoms with Crippen molar-refractivity contribution in [2.45, 2.75) is 70.8 Å². The number of hydrogen-bond acceptors (Lipinski definition) is 6. The van der Waals surface area contributed by atoms with Gasteiger partial charge in [-0.05, 0) is 76.0 Å². The number of nitrogen functional groups attached to an aromatic ring is 2. The van der Waals surface area contributed by atoms with Gasteiger partial charge < -0.3 is 16.2 Å². The fraction of sp³-hybridized carbons (Fsp3) is 0.500. The molecule has 0 fully saturated rings. The highest BCUT2D eigenvalue weighted by Gasteiger charge is 2.27. The van der Waals surface area contributed by atoms with Crippen molar-refractivity contribution in [2.24, 2.45) is 0 Å². The number of carbonyl (C=O) groups is 1. The van der Waals surface area contributed by atoms with Crippen LogP contribution in [0, 0.1) is 0 Å². The first-order valence-corrected chi connectivity index (χ1v) is 9.89. The fourth-order valence-electron chi connectivity index (χ4n) is 3.84. The lowest BCUT2D eigenvalue weighted by Crippen LogP contribution is -2.23. The Bertz CT molecular complexity index is 856. The van der Waals surface area contributed by atoms with Crippen LogP contribution in [0.15, 0.2) is 24.3 Å². The maximum absolute atomic E-state index is 12.2. The van der Waals surface area contributed by atoms with Gasteiger partial charge in [0.2, 0.25) is 5.95 Å². The molecule has 0 aliphatic heterocycles. The van der Waals surface area contributed by atoms with Crippen molar-refractivity contribution in [3.63, 3.8) is 0 Å². The van der Waals surface area contributed by atoms with E-state index < -0.39 is 5.60 Å². The number of hydrogen-bond donors (Lipinski definition) is 2. The minimum atomic E-state index is -0.489. The van der Waals surface area contributed by atoms with E-state index in [-0.39, 0.29) is 11.9 Å². The summed E-state index contributed by atoms with van der Waals surface area (Å²) in [6.45, 7) is 7.82. The van der Waals surface area contributed by atoms with Gasteiger partial charge in [0.1, 0.15) is 11.4 Å². The topological polar surface area (TPSA) is 104 Å². The molecule has 1 aromatic carbocycles. The molecule has 0 saturated heterocycles. The first-order chi connectivity index (χ1) is 13.1. The second-order valence-electron chi connectivity index (χ2n) is 8.67. The number of anilines is 2. The van der Waals surface area contributed by atoms with Crippen molar-refractivity contribution in [2.75, 3.05) is 11.5 Å². The van der Waals surface area contributed by atoms with Crippen molar-refractivity contribution >= 4 is 17.7 Å². The second kappa shape index (κ2) is 7.78. The molecular weight excluding hydrogens is 352 g/mol. The van der Waals surface area contributed by atoms with E-state index in [9.17, 15) is 4.79 Å². The molecule has 1 heterocycles. The lowest BCUT2D eigenvalue weighted by atomic mass is 9.89. The number of benzene rings is 1. The Morgan fingerprint density at radius 3 is 2.54 bits per heavy atom. The molecule has 0 bridgehead atoms. The van der Waals surface area contributed by atoms with Crippen molar-refractivity contribution in [3.8, 4) is 0 Å². The van der Waals surface area contributed by atoms with Crippen molar-refractivity contribution in [1.29, 1.82) is 0 Å². The SMILES string of the molecule is CC(CCC1CCc2nc(N)nc(N)c21)c1ccc(C(=O)OC(C)(C)C)cc1. The smallest absolute Gasteiger partial charge is 0.338 e. The predicted molar refractivity (Wildman–Crippen MR) is 111 cm³/mol. The van der Waals surface area contributed by atoms with Gasteiger partial charge in [0, 0.05) is 5.56 Å². The Kier molecular flexibility index (Phi) is 5.59. The number of nitrogens with two attached hydrogens (primary N) is 2. The highest BCUT2D eigenvalue weighted by atomic mass is 16.6. The number of aryl methyl sites for hydroxylation is 1. The zero-order valence-corrected chi connectivity index (χ0v) is 17.2. The van der Waals surface area contributed by atoms with Gasteiger partial charge in [0.15, 0.2) is 0 Å². The number of aromatic nitrogens is 2. The fourth-order valence-corrected chi connectivity index (χ4v) is 3.84. The number of ether oxygens (including phenoxy) is 1. The molecule has 6 heteroatoms. The van der Waals surface area contributed by atoms with Crippen LogP contribution in [-0.2, 0) is 11.2 Å². The van der Waals surface area contributed by atoms with Crippen LogP contribution in [0.1, 0.15) is 86.0 Å². The number of fused-ring (bicyclic) bond motifs is 1. The highest BCUT2D eigenvalue weighted by molar-refractivity contribution is 5.89. The highest BCUT2D eigenvalue weighted by Crippen LogP contribution is 2.40. The number of rotatable bonds is 5. The monoisotopic (exact) mass is 382 g/mol. The van der Waals surface area contributed by atoms with Crippen LogP contribution in [0.25, 0.3) is 0 Å². The van der Waals surface area contributed by atoms with Gasteiger partial charge in [0.05, 0.1) is 11.3 Å². The van der Waals surface area contributed by atoms with E-state index in [1.54, 1.807) is 0 Å². The lowest BCUT2D eigenvalue weighted by molar-refractivity contribution is 0.00695. The Hall–Kier alpha value is -2.63. The lowest BCUT2D eigenvalue weighted by Gasteiger charge is -2.20. The van der Waals surface area contributed by atoms with E-state index in [1.807, 2.05) is 45.0 Å². The van der Waals surface area contributed by atoms with Crippen LogP contribution in [0.2, 0.25) is 0 Å². The summed E-state index contributed by atoms with van der Waals surface area (Å²) in [4.78, 5) is 20.6. The summed E-state index contributed by atoms with van der Waals surface area (Å²) >= 11 is 0. The number of carbonyl (C=O) groups excluding carboxylic acids is 1. The molecule has 2 aromatic rings. The minimum Gasteiger partial charge on any atom is -0.456 e. The van der Waals surface area contributed by atoms with Crippen LogP contribution in [-0.4, -0.2) is 21.5 Å². The van der Waals surface area contributed by atoms with Crippen molar-refractivity contribution in [1.82, 2.24) is 9.97 Å². The summed E-state index contributed by atoms with van der Waals surface area (Å²) in [5, 5.41) is 0. The molecule has 0 radical (unpaired) electrons. The maximum Gasteiger partial charge on any atom is 0.338 e. The molecule has 6 nitrogen and oxygen atoms in total. The van der Waals surface area contributed by atoms with Gasteiger partial charge in [-0.1, -0.05) is 19.1 Å². The zero-order valence-electron chi connectivity index (χ0n) is 17.2. The molecule has 0 amide bonds. The molecule has 1 aromatic heterocycles. The van der Waals surface area contributed by atoms with E-state index in [1.165, 1.54) is 5.56 Å². The largest absolute Gasteiger partial charge is 0.456 e. The summed E-state index contributed by atoms with van der Waals surface area (Å²) in [5.41, 5.74) is 15.2. The van der Waals surface area contributed by atoms with E-state index in [0.29, 0.717) is 23.2 Å². The number of nitrogens with zero attached hydrogens (tertiary/aromatic N) is 2. The third-order valence-electron chi connectivity index (χ3n) is 5.27. The summed E-state index contributed by atoms with van der Waals surface area (Å²) in [5.74, 6) is 1.27. The molecule has 2 atom stereocenters. The standard InChI is InChI=1S/C22H30N4O2/c1-13(14-7-9-16(10-8-14)20(27)28-22(2,3)4)5-6-15-11-12-17-18(15)19(23)26-21(24)25-17/h7-10,13,15H,5-6,11-12H2,1-4H3,(H4,23,24,25,26). The summed E-state index contributed by atoms with van der Waals surface area (Å²) in [6, 6.07) is 7.73. The molecular formula is C22H30N4O2. The van der Waals surface area contributed by atoms with E-state index in [4.69, 9.17) is 16.2 Å². The third kappa shape index (κ3) is 4.61. The first-order valence-electron chi connectivity index (χ1n) is 9.89. The first kappa shape index (κ1) is 20.1. The Morgan fingerprint density at radius 1 is 1.21 bits per heavy atom. The van der Waals surface area contributed by atoms with Gasteiger partial charge in [-0.15, -0.1) is 0 Å². The zero-order chi connectivity index (χ0) is 20.5. The van der Waals surface area contributed by atoms with E-state index in [0.717, 1.165) is 36.9 Å². The molecule has 3 rings (SSSR count). The Morgan fingerprint density at radius 2 is 1.89 bits per heavy atom. The van der Waals surface area contributed by atoms with Gasteiger partial charge >= 0.3 is 5.97 Å². The molecule has 0 saturated carbocycles. The van der Waals surface area contributed by atoms with Crippen molar-refractivity contribution < 1.29 is 9.53 Å². The summed E-state index contributed by atoms with van der Waals surface area (Å²) in [7, 11) is 0. The average Bonchev–Trinajstić information content (AvgIpc) is 3.01. The van der Waals surface area contributed by atoms with Gasteiger partial charge in [-0.25, -0.2) is 9.78 Å². The normalized spacial score (nSPS) is 17.2. The van der Waals surface area contributed by atoms with Crippen molar-refractivity contribution in [3.05, 3.63) is 46.6 Å². The van der Waals surface area contributed by atoms with Gasteiger partial charge in [-0.3, -0.25) is 0 Å². The Balaban J connectivity index is 1.61. The van der Waals surface area contributed by atoms with Gasteiger partial charge in [0.25, 0.3) is 0 Å². The van der Waals surface area contributed by atoms with Crippen LogP contribution >= 0.6 is 0 Å². The Labute approximate surface area is 166 Å². The number of esters is 1. The average molecular weight is 383 g/mol. The molecule has 1 aliphatic carbocycles. The summed E-state index contributed by atoms with van der Waals surface area (Å²) < 4.78 is 5.42. The van der Waals surface area contributed by atoms with E-state index in [2.05, 4.69) is 16.9 Å². The summed E-state index contributed by atoms with van der Waals surface area (Å²) in [6.07, 6.45) is 4.01. The van der Waals surface area contributed by atoms with Crippen LogP contribution in [0.4, 0.5) is 11.8 Å². The minimum absolute atomic E-state index is 0.260. The molecule has 28 heavy (non-hydrogen) atoms. The second-order valence-corrected chi connectivity index (χ2v) is 8.67. The molecule has 1 aliphatic rings. The maximum atomic E-state index is 12.2. The van der Waals surface area contributed by atoms with Crippen LogP contribution in [0.5, 0.6) is 0 Å².